The van der Waals surface area contributed by atoms with E-state index in [9.17, 15) is 9.59 Å². The monoisotopic (exact) mass is 337 g/mol. The number of nitrogens with one attached hydrogen (secondary N) is 1. The van der Waals surface area contributed by atoms with Crippen molar-refractivity contribution < 1.29 is 9.59 Å². The Morgan fingerprint density at radius 2 is 1.71 bits per heavy atom. The Hall–Kier alpha value is -2.99. The maximum absolute atomic E-state index is 12.6. The summed E-state index contributed by atoms with van der Waals surface area (Å²) in [6.07, 6.45) is 0. The molecule has 0 radical (unpaired) electrons. The number of primary amides is 1. The van der Waals surface area contributed by atoms with E-state index < -0.39 is 5.91 Å². The van der Waals surface area contributed by atoms with Gasteiger partial charge in [0.05, 0.1) is 10.7 Å². The SMILES string of the molecule is Cc1nc(-c2ccccc2)c(C(=O)Nc2ccc(C(N)=O)cc2)s1. The molecule has 0 saturated carbocycles. The van der Waals surface area contributed by atoms with Gasteiger partial charge in [-0.2, -0.15) is 0 Å². The molecule has 0 spiro atoms. The van der Waals surface area contributed by atoms with Gasteiger partial charge in [-0.3, -0.25) is 9.59 Å². The van der Waals surface area contributed by atoms with Gasteiger partial charge in [-0.1, -0.05) is 30.3 Å². The molecule has 2 aromatic carbocycles. The molecular formula is C18H15N3O2S. The second kappa shape index (κ2) is 6.64. The molecule has 0 unspecified atom stereocenters. The summed E-state index contributed by atoms with van der Waals surface area (Å²) in [5.41, 5.74) is 7.77. The van der Waals surface area contributed by atoms with Gasteiger partial charge >= 0.3 is 0 Å². The van der Waals surface area contributed by atoms with Crippen molar-refractivity contribution in [3.63, 3.8) is 0 Å². The number of nitrogens with zero attached hydrogens (tertiary/aromatic N) is 1. The van der Waals surface area contributed by atoms with Crippen molar-refractivity contribution in [3.8, 4) is 11.3 Å². The molecule has 5 nitrogen and oxygen atoms in total. The lowest BCUT2D eigenvalue weighted by atomic mass is 10.1. The van der Waals surface area contributed by atoms with Gasteiger partial charge in [0.25, 0.3) is 5.91 Å². The second-order valence-electron chi connectivity index (χ2n) is 5.17. The normalized spacial score (nSPS) is 10.4. The Labute approximate surface area is 143 Å². The highest BCUT2D eigenvalue weighted by Crippen LogP contribution is 2.28. The minimum absolute atomic E-state index is 0.230. The van der Waals surface area contributed by atoms with E-state index in [2.05, 4.69) is 10.3 Å². The zero-order chi connectivity index (χ0) is 17.1. The molecule has 3 rings (SSSR count). The number of benzene rings is 2. The van der Waals surface area contributed by atoms with Crippen molar-refractivity contribution in [3.05, 3.63) is 70.0 Å². The standard InChI is InChI=1S/C18H15N3O2S/c1-11-20-15(12-5-3-2-4-6-12)16(24-11)18(23)21-14-9-7-13(8-10-14)17(19)22/h2-10H,1H3,(H2,19,22)(H,21,23). The summed E-state index contributed by atoms with van der Waals surface area (Å²) in [6, 6.07) is 16.0. The van der Waals surface area contributed by atoms with Crippen LogP contribution >= 0.6 is 11.3 Å². The summed E-state index contributed by atoms with van der Waals surface area (Å²) in [6.45, 7) is 1.87. The van der Waals surface area contributed by atoms with Crippen LogP contribution in [0.15, 0.2) is 54.6 Å². The number of nitrogens with two attached hydrogens (primary N) is 1. The molecule has 0 atom stereocenters. The van der Waals surface area contributed by atoms with E-state index in [0.29, 0.717) is 21.8 Å². The van der Waals surface area contributed by atoms with Gasteiger partial charge in [-0.25, -0.2) is 4.98 Å². The molecule has 1 heterocycles. The highest BCUT2D eigenvalue weighted by molar-refractivity contribution is 7.14. The third kappa shape index (κ3) is 3.33. The minimum Gasteiger partial charge on any atom is -0.366 e. The molecule has 0 aliphatic carbocycles. The number of carbonyl (C=O) groups is 2. The molecule has 3 N–H and O–H groups in total. The van der Waals surface area contributed by atoms with Gasteiger partial charge in [0, 0.05) is 16.8 Å². The van der Waals surface area contributed by atoms with E-state index in [1.807, 2.05) is 37.3 Å². The van der Waals surface area contributed by atoms with Gasteiger partial charge in [-0.15, -0.1) is 11.3 Å². The van der Waals surface area contributed by atoms with E-state index >= 15 is 0 Å². The first-order chi connectivity index (χ1) is 11.5. The molecule has 6 heteroatoms. The van der Waals surface area contributed by atoms with Crippen molar-refractivity contribution in [2.45, 2.75) is 6.92 Å². The van der Waals surface area contributed by atoms with E-state index in [4.69, 9.17) is 5.73 Å². The average molecular weight is 337 g/mol. The van der Waals surface area contributed by atoms with Gasteiger partial charge in [0.1, 0.15) is 4.88 Å². The number of carbonyl (C=O) groups excluding carboxylic acids is 2. The Balaban J connectivity index is 1.87. The summed E-state index contributed by atoms with van der Waals surface area (Å²) >= 11 is 1.35. The van der Waals surface area contributed by atoms with Crippen molar-refractivity contribution in [1.82, 2.24) is 4.98 Å². The molecule has 3 aromatic rings. The summed E-state index contributed by atoms with van der Waals surface area (Å²) in [5, 5.41) is 3.65. The maximum Gasteiger partial charge on any atom is 0.268 e. The lowest BCUT2D eigenvalue weighted by Crippen LogP contribution is -2.13. The molecule has 0 saturated heterocycles. The Morgan fingerprint density at radius 1 is 1.04 bits per heavy atom. The molecule has 0 fully saturated rings. The fourth-order valence-corrected chi connectivity index (χ4v) is 3.11. The third-order valence-electron chi connectivity index (χ3n) is 3.41. The largest absolute Gasteiger partial charge is 0.366 e. The first-order valence-corrected chi connectivity index (χ1v) is 8.10. The summed E-state index contributed by atoms with van der Waals surface area (Å²) in [5.74, 6) is -0.733. The van der Waals surface area contributed by atoms with Crippen LogP contribution in [0, 0.1) is 6.92 Å². The molecule has 0 aliphatic heterocycles. The van der Waals surface area contributed by atoms with Gasteiger partial charge < -0.3 is 11.1 Å². The van der Waals surface area contributed by atoms with E-state index in [-0.39, 0.29) is 5.91 Å². The van der Waals surface area contributed by atoms with Crippen LogP contribution in [-0.2, 0) is 0 Å². The van der Waals surface area contributed by atoms with E-state index in [1.165, 1.54) is 11.3 Å². The lowest BCUT2D eigenvalue weighted by Gasteiger charge is -2.06. The Bertz CT molecular complexity index is 886. The van der Waals surface area contributed by atoms with Crippen LogP contribution in [0.25, 0.3) is 11.3 Å². The zero-order valence-electron chi connectivity index (χ0n) is 12.9. The molecule has 0 aliphatic rings. The number of anilines is 1. The molecule has 2 amide bonds. The fraction of sp³-hybridized carbons (Fsp3) is 0.0556. The van der Waals surface area contributed by atoms with Crippen molar-refractivity contribution >= 4 is 28.8 Å². The number of amides is 2. The Kier molecular flexibility index (Phi) is 4.39. The predicted octanol–water partition coefficient (Wildman–Crippen LogP) is 3.47. The summed E-state index contributed by atoms with van der Waals surface area (Å²) in [4.78, 5) is 28.7. The predicted molar refractivity (Wildman–Crippen MR) is 95.2 cm³/mol. The van der Waals surface area contributed by atoms with Crippen molar-refractivity contribution in [1.29, 1.82) is 0 Å². The number of rotatable bonds is 4. The van der Waals surface area contributed by atoms with Crippen LogP contribution in [0.3, 0.4) is 0 Å². The first-order valence-electron chi connectivity index (χ1n) is 7.28. The fourth-order valence-electron chi connectivity index (χ4n) is 2.28. The van der Waals surface area contributed by atoms with Crippen LogP contribution in [0.5, 0.6) is 0 Å². The number of aryl methyl sites for hydroxylation is 1. The summed E-state index contributed by atoms with van der Waals surface area (Å²) in [7, 11) is 0. The molecule has 1 aromatic heterocycles. The number of hydrogen-bond donors (Lipinski definition) is 2. The smallest absolute Gasteiger partial charge is 0.268 e. The van der Waals surface area contributed by atoms with Crippen LogP contribution in [0.2, 0.25) is 0 Å². The quantitative estimate of drug-likeness (QED) is 0.764. The zero-order valence-corrected chi connectivity index (χ0v) is 13.8. The number of hydrogen-bond acceptors (Lipinski definition) is 4. The minimum atomic E-state index is -0.502. The van der Waals surface area contributed by atoms with Crippen LogP contribution in [0.4, 0.5) is 5.69 Å². The topological polar surface area (TPSA) is 85.1 Å². The number of thiazole rings is 1. The van der Waals surface area contributed by atoms with E-state index in [1.54, 1.807) is 24.3 Å². The van der Waals surface area contributed by atoms with E-state index in [0.717, 1.165) is 10.6 Å². The Morgan fingerprint density at radius 3 is 2.33 bits per heavy atom. The maximum atomic E-state index is 12.6. The molecular weight excluding hydrogens is 322 g/mol. The summed E-state index contributed by atoms with van der Waals surface area (Å²) < 4.78 is 0. The van der Waals surface area contributed by atoms with Gasteiger partial charge in [0.15, 0.2) is 0 Å². The molecule has 0 bridgehead atoms. The van der Waals surface area contributed by atoms with Gasteiger partial charge in [-0.05, 0) is 31.2 Å². The third-order valence-corrected chi connectivity index (χ3v) is 4.38. The molecule has 24 heavy (non-hydrogen) atoms. The lowest BCUT2D eigenvalue weighted by molar-refractivity contribution is 0.0998. The second-order valence-corrected chi connectivity index (χ2v) is 6.38. The molecule has 120 valence electrons. The van der Waals surface area contributed by atoms with Gasteiger partial charge in [0.2, 0.25) is 5.91 Å². The highest BCUT2D eigenvalue weighted by atomic mass is 32.1. The van der Waals surface area contributed by atoms with Crippen molar-refractivity contribution in [2.75, 3.05) is 5.32 Å². The van der Waals surface area contributed by atoms with Crippen LogP contribution in [-0.4, -0.2) is 16.8 Å². The highest BCUT2D eigenvalue weighted by Gasteiger charge is 2.18. The number of aromatic nitrogens is 1. The average Bonchev–Trinajstić information content (AvgIpc) is 2.98. The van der Waals surface area contributed by atoms with Crippen molar-refractivity contribution in [2.24, 2.45) is 5.73 Å². The first kappa shape index (κ1) is 15.9. The van der Waals surface area contributed by atoms with Crippen LogP contribution < -0.4 is 11.1 Å². The van der Waals surface area contributed by atoms with Crippen LogP contribution in [0.1, 0.15) is 25.0 Å².